The molecule has 0 aliphatic heterocycles. The summed E-state index contributed by atoms with van der Waals surface area (Å²) >= 11 is 0. The zero-order chi connectivity index (χ0) is 13.1. The van der Waals surface area contributed by atoms with Crippen molar-refractivity contribution in [3.8, 4) is 5.75 Å². The molecule has 0 amide bonds. The highest BCUT2D eigenvalue weighted by molar-refractivity contribution is 5.87. The number of aromatic nitrogens is 1. The molecule has 2 N–H and O–H groups in total. The highest BCUT2D eigenvalue weighted by Gasteiger charge is 2.15. The first kappa shape index (κ1) is 12.3. The quantitative estimate of drug-likeness (QED) is 0.654. The number of benzene rings is 1. The monoisotopic (exact) mass is 256 g/mol. The van der Waals surface area contributed by atoms with Crippen LogP contribution in [0.5, 0.6) is 5.75 Å². The first-order valence-corrected chi connectivity index (χ1v) is 7.14. The van der Waals surface area contributed by atoms with Gasteiger partial charge in [0.25, 0.3) is 0 Å². The van der Waals surface area contributed by atoms with Gasteiger partial charge in [-0.15, -0.1) is 0 Å². The number of ether oxygens (including phenoxy) is 1. The highest BCUT2D eigenvalue weighted by Crippen LogP contribution is 2.29. The van der Waals surface area contributed by atoms with Crippen molar-refractivity contribution in [2.24, 2.45) is 0 Å². The second-order valence-electron chi connectivity index (χ2n) is 5.32. The molecule has 3 nitrogen and oxygen atoms in total. The van der Waals surface area contributed by atoms with Gasteiger partial charge in [-0.3, -0.25) is 4.98 Å². The summed E-state index contributed by atoms with van der Waals surface area (Å²) in [7, 11) is 0. The van der Waals surface area contributed by atoms with E-state index in [1.54, 1.807) is 6.20 Å². The molecule has 1 aliphatic carbocycles. The average Bonchev–Trinajstić information content (AvgIpc) is 2.67. The Morgan fingerprint density at radius 2 is 1.84 bits per heavy atom. The van der Waals surface area contributed by atoms with Crippen molar-refractivity contribution in [1.29, 1.82) is 0 Å². The molecule has 0 saturated heterocycles. The third kappa shape index (κ3) is 2.80. The smallest absolute Gasteiger partial charge is 0.130 e. The molecule has 3 heteroatoms. The lowest BCUT2D eigenvalue weighted by molar-refractivity contribution is 0.186. The molecule has 0 atom stereocenters. The van der Waals surface area contributed by atoms with Gasteiger partial charge >= 0.3 is 0 Å². The van der Waals surface area contributed by atoms with E-state index in [2.05, 4.69) is 4.98 Å². The van der Waals surface area contributed by atoms with Crippen LogP contribution in [0.3, 0.4) is 0 Å². The van der Waals surface area contributed by atoms with E-state index in [4.69, 9.17) is 10.5 Å². The van der Waals surface area contributed by atoms with Gasteiger partial charge in [-0.05, 0) is 49.9 Å². The van der Waals surface area contributed by atoms with Crippen LogP contribution >= 0.6 is 0 Å². The van der Waals surface area contributed by atoms with Crippen LogP contribution in [0.25, 0.3) is 10.9 Å². The number of hydrogen-bond donors (Lipinski definition) is 1. The number of nitrogens with zero attached hydrogens (tertiary/aromatic N) is 1. The Kier molecular flexibility index (Phi) is 3.53. The van der Waals surface area contributed by atoms with Gasteiger partial charge in [0, 0.05) is 17.3 Å². The van der Waals surface area contributed by atoms with Crippen molar-refractivity contribution < 1.29 is 4.74 Å². The van der Waals surface area contributed by atoms with Gasteiger partial charge in [0.15, 0.2) is 0 Å². The van der Waals surface area contributed by atoms with Crippen LogP contribution in [0.15, 0.2) is 30.5 Å². The molecular formula is C16H20N2O. The molecule has 1 saturated carbocycles. The Hall–Kier alpha value is -1.77. The second kappa shape index (κ2) is 5.47. The number of pyridine rings is 1. The van der Waals surface area contributed by atoms with Gasteiger partial charge in [0.05, 0.1) is 11.6 Å². The Balaban J connectivity index is 1.87. The molecule has 1 aliphatic rings. The SMILES string of the molecule is Nc1ccc2c(OC3CCCCCC3)ccnc2c1. The van der Waals surface area contributed by atoms with Crippen LogP contribution in [0.4, 0.5) is 5.69 Å². The lowest BCUT2D eigenvalue weighted by Gasteiger charge is -2.18. The molecular weight excluding hydrogens is 236 g/mol. The number of nitrogens with two attached hydrogens (primary N) is 1. The van der Waals surface area contributed by atoms with Gasteiger partial charge in [0.2, 0.25) is 0 Å². The van der Waals surface area contributed by atoms with E-state index in [-0.39, 0.29) is 0 Å². The minimum atomic E-state index is 0.352. The van der Waals surface area contributed by atoms with Crippen LogP contribution in [-0.4, -0.2) is 11.1 Å². The van der Waals surface area contributed by atoms with E-state index in [0.717, 1.165) is 22.3 Å². The number of fused-ring (bicyclic) bond motifs is 1. The number of nitrogen functional groups attached to an aromatic ring is 1. The largest absolute Gasteiger partial charge is 0.490 e. The maximum Gasteiger partial charge on any atom is 0.130 e. The predicted molar refractivity (Wildman–Crippen MR) is 78.3 cm³/mol. The zero-order valence-electron chi connectivity index (χ0n) is 11.1. The summed E-state index contributed by atoms with van der Waals surface area (Å²) in [5.41, 5.74) is 7.45. The van der Waals surface area contributed by atoms with E-state index in [1.165, 1.54) is 38.5 Å². The molecule has 0 bridgehead atoms. The third-order valence-corrected chi connectivity index (χ3v) is 3.82. The van der Waals surface area contributed by atoms with Crippen LogP contribution in [-0.2, 0) is 0 Å². The minimum absolute atomic E-state index is 0.352. The first-order chi connectivity index (χ1) is 9.33. The third-order valence-electron chi connectivity index (χ3n) is 3.82. The van der Waals surface area contributed by atoms with Crippen LogP contribution < -0.4 is 10.5 Å². The molecule has 3 rings (SSSR count). The summed E-state index contributed by atoms with van der Waals surface area (Å²) < 4.78 is 6.21. The first-order valence-electron chi connectivity index (χ1n) is 7.14. The molecule has 1 aromatic heterocycles. The van der Waals surface area contributed by atoms with E-state index >= 15 is 0 Å². The van der Waals surface area contributed by atoms with Gasteiger partial charge in [-0.1, -0.05) is 12.8 Å². The van der Waals surface area contributed by atoms with Crippen molar-refractivity contribution in [2.75, 3.05) is 5.73 Å². The van der Waals surface area contributed by atoms with Crippen molar-refractivity contribution >= 4 is 16.6 Å². The van der Waals surface area contributed by atoms with Crippen LogP contribution in [0, 0.1) is 0 Å². The fraction of sp³-hybridized carbons (Fsp3) is 0.438. The minimum Gasteiger partial charge on any atom is -0.490 e. The van der Waals surface area contributed by atoms with Crippen molar-refractivity contribution in [3.05, 3.63) is 30.5 Å². The Morgan fingerprint density at radius 3 is 2.63 bits per heavy atom. The van der Waals surface area contributed by atoms with E-state index < -0.39 is 0 Å². The maximum atomic E-state index is 6.21. The highest BCUT2D eigenvalue weighted by atomic mass is 16.5. The lowest BCUT2D eigenvalue weighted by Crippen LogP contribution is -2.15. The van der Waals surface area contributed by atoms with E-state index in [1.807, 2.05) is 24.3 Å². The molecule has 1 fully saturated rings. The Labute approximate surface area is 113 Å². The summed E-state index contributed by atoms with van der Waals surface area (Å²) in [6.07, 6.45) is 9.72. The number of rotatable bonds is 2. The van der Waals surface area contributed by atoms with E-state index in [0.29, 0.717) is 6.10 Å². The Bertz CT molecular complexity index is 560. The number of hydrogen-bond acceptors (Lipinski definition) is 3. The average molecular weight is 256 g/mol. The summed E-state index contributed by atoms with van der Waals surface area (Å²) in [5.74, 6) is 0.942. The van der Waals surface area contributed by atoms with Crippen molar-refractivity contribution in [1.82, 2.24) is 4.98 Å². The zero-order valence-corrected chi connectivity index (χ0v) is 11.1. The fourth-order valence-corrected chi connectivity index (χ4v) is 2.78. The summed E-state index contributed by atoms with van der Waals surface area (Å²) in [5, 5.41) is 1.06. The van der Waals surface area contributed by atoms with Crippen molar-refractivity contribution in [2.45, 2.75) is 44.6 Å². The summed E-state index contributed by atoms with van der Waals surface area (Å²) in [6.45, 7) is 0. The van der Waals surface area contributed by atoms with Gasteiger partial charge < -0.3 is 10.5 Å². The molecule has 0 radical (unpaired) electrons. The molecule has 100 valence electrons. The molecule has 1 aromatic carbocycles. The topological polar surface area (TPSA) is 48.1 Å². The maximum absolute atomic E-state index is 6.21. The Morgan fingerprint density at radius 1 is 1.05 bits per heavy atom. The van der Waals surface area contributed by atoms with Gasteiger partial charge in [0.1, 0.15) is 5.75 Å². The lowest BCUT2D eigenvalue weighted by atomic mass is 10.1. The standard InChI is InChI=1S/C16H20N2O/c17-12-7-8-14-15(11-12)18-10-9-16(14)19-13-5-3-1-2-4-6-13/h7-11,13H,1-6,17H2. The molecule has 2 aromatic rings. The van der Waals surface area contributed by atoms with Crippen LogP contribution in [0.1, 0.15) is 38.5 Å². The van der Waals surface area contributed by atoms with Gasteiger partial charge in [-0.25, -0.2) is 0 Å². The van der Waals surface area contributed by atoms with E-state index in [9.17, 15) is 0 Å². The predicted octanol–water partition coefficient (Wildman–Crippen LogP) is 3.92. The second-order valence-corrected chi connectivity index (χ2v) is 5.32. The molecule has 0 unspecified atom stereocenters. The molecule has 19 heavy (non-hydrogen) atoms. The molecule has 1 heterocycles. The van der Waals surface area contributed by atoms with Crippen LogP contribution in [0.2, 0.25) is 0 Å². The number of anilines is 1. The van der Waals surface area contributed by atoms with Gasteiger partial charge in [-0.2, -0.15) is 0 Å². The fourth-order valence-electron chi connectivity index (χ4n) is 2.78. The normalized spacial score (nSPS) is 17.3. The summed E-state index contributed by atoms with van der Waals surface area (Å²) in [6, 6.07) is 7.77. The molecule has 0 spiro atoms. The summed E-state index contributed by atoms with van der Waals surface area (Å²) in [4.78, 5) is 4.35. The van der Waals surface area contributed by atoms with Crippen molar-refractivity contribution in [3.63, 3.8) is 0 Å².